The molecule has 0 aliphatic carbocycles. The van der Waals surface area contributed by atoms with Crippen LogP contribution in [0.2, 0.25) is 0 Å². The summed E-state index contributed by atoms with van der Waals surface area (Å²) in [5.41, 5.74) is 7.18. The third kappa shape index (κ3) is 3.64. The second kappa shape index (κ2) is 5.93. The van der Waals surface area contributed by atoms with Gasteiger partial charge in [0.15, 0.2) is 0 Å². The van der Waals surface area contributed by atoms with Crippen LogP contribution in [0.5, 0.6) is 0 Å². The summed E-state index contributed by atoms with van der Waals surface area (Å²) in [6, 6.07) is 3.81. The molecule has 1 aromatic rings. The molecule has 0 bridgehead atoms. The molecule has 17 heavy (non-hydrogen) atoms. The number of pyridine rings is 1. The standard InChI is InChI=1S/C12H18N4S/c13-12(17)11-4-3-10(9-15-11)14-5-8-16-6-1-2-7-16/h3-4,9,14H,1-2,5-8H2,(H2,13,17). The Morgan fingerprint density at radius 1 is 1.41 bits per heavy atom. The molecule has 1 aromatic heterocycles. The van der Waals surface area contributed by atoms with Gasteiger partial charge < -0.3 is 16.0 Å². The van der Waals surface area contributed by atoms with Gasteiger partial charge in [-0.1, -0.05) is 12.2 Å². The van der Waals surface area contributed by atoms with Crippen molar-refractivity contribution in [1.29, 1.82) is 0 Å². The summed E-state index contributed by atoms with van der Waals surface area (Å²) in [5.74, 6) is 0. The first-order chi connectivity index (χ1) is 8.25. The van der Waals surface area contributed by atoms with E-state index in [9.17, 15) is 0 Å². The Morgan fingerprint density at radius 2 is 2.18 bits per heavy atom. The molecule has 0 spiro atoms. The van der Waals surface area contributed by atoms with Crippen molar-refractivity contribution in [3.05, 3.63) is 24.0 Å². The molecule has 1 fully saturated rings. The minimum absolute atomic E-state index is 0.341. The van der Waals surface area contributed by atoms with Crippen molar-refractivity contribution in [2.24, 2.45) is 5.73 Å². The van der Waals surface area contributed by atoms with Gasteiger partial charge in [0.1, 0.15) is 4.99 Å². The van der Waals surface area contributed by atoms with Crippen LogP contribution < -0.4 is 11.1 Å². The average Bonchev–Trinajstić information content (AvgIpc) is 2.83. The molecule has 3 N–H and O–H groups in total. The van der Waals surface area contributed by atoms with Gasteiger partial charge in [0.25, 0.3) is 0 Å². The highest BCUT2D eigenvalue weighted by Gasteiger charge is 2.10. The first-order valence-corrected chi connectivity index (χ1v) is 6.38. The molecule has 0 amide bonds. The Bertz CT molecular complexity index is 371. The Labute approximate surface area is 107 Å². The van der Waals surface area contributed by atoms with Crippen LogP contribution in [0.15, 0.2) is 18.3 Å². The summed E-state index contributed by atoms with van der Waals surface area (Å²) < 4.78 is 0. The molecule has 2 heterocycles. The molecule has 0 unspecified atom stereocenters. The normalized spacial score (nSPS) is 16.0. The van der Waals surface area contributed by atoms with Crippen molar-refractivity contribution in [1.82, 2.24) is 9.88 Å². The zero-order valence-corrected chi connectivity index (χ0v) is 10.7. The van der Waals surface area contributed by atoms with Gasteiger partial charge in [-0.15, -0.1) is 0 Å². The predicted octanol–water partition coefficient (Wildman–Crippen LogP) is 1.22. The van der Waals surface area contributed by atoms with Crippen molar-refractivity contribution >= 4 is 22.9 Å². The molecule has 1 aliphatic heterocycles. The largest absolute Gasteiger partial charge is 0.388 e. The Balaban J connectivity index is 1.76. The quantitative estimate of drug-likeness (QED) is 0.770. The van der Waals surface area contributed by atoms with Crippen LogP contribution in [-0.4, -0.2) is 41.1 Å². The van der Waals surface area contributed by atoms with Crippen LogP contribution in [0.3, 0.4) is 0 Å². The van der Waals surface area contributed by atoms with Gasteiger partial charge in [-0.05, 0) is 38.1 Å². The van der Waals surface area contributed by atoms with E-state index in [0.717, 1.165) is 18.8 Å². The molecule has 0 radical (unpaired) electrons. The zero-order chi connectivity index (χ0) is 12.1. The molecule has 0 saturated carbocycles. The van der Waals surface area contributed by atoms with E-state index < -0.39 is 0 Å². The second-order valence-electron chi connectivity index (χ2n) is 4.27. The number of anilines is 1. The number of nitrogens with two attached hydrogens (primary N) is 1. The summed E-state index contributed by atoms with van der Waals surface area (Å²) in [5, 5.41) is 3.35. The number of nitrogens with zero attached hydrogens (tertiary/aromatic N) is 2. The minimum Gasteiger partial charge on any atom is -0.388 e. The molecular formula is C12H18N4S. The van der Waals surface area contributed by atoms with Crippen LogP contribution in [0.4, 0.5) is 5.69 Å². The SMILES string of the molecule is NC(=S)c1ccc(NCCN2CCCC2)cn1. The van der Waals surface area contributed by atoms with Gasteiger partial charge in [-0.3, -0.25) is 4.98 Å². The van der Waals surface area contributed by atoms with E-state index in [1.807, 2.05) is 12.1 Å². The Morgan fingerprint density at radius 3 is 2.76 bits per heavy atom. The van der Waals surface area contributed by atoms with Gasteiger partial charge in [0, 0.05) is 13.1 Å². The monoisotopic (exact) mass is 250 g/mol. The predicted molar refractivity (Wildman–Crippen MR) is 74.3 cm³/mol. The zero-order valence-electron chi connectivity index (χ0n) is 9.85. The number of likely N-dealkylation sites (tertiary alicyclic amines) is 1. The van der Waals surface area contributed by atoms with Crippen molar-refractivity contribution in [3.63, 3.8) is 0 Å². The highest BCUT2D eigenvalue weighted by atomic mass is 32.1. The number of rotatable bonds is 5. The maximum Gasteiger partial charge on any atom is 0.122 e. The Hall–Kier alpha value is -1.20. The molecule has 92 valence electrons. The summed E-state index contributed by atoms with van der Waals surface area (Å²) in [7, 11) is 0. The fourth-order valence-corrected chi connectivity index (χ4v) is 2.13. The highest BCUT2D eigenvalue weighted by Crippen LogP contribution is 2.08. The lowest BCUT2D eigenvalue weighted by Crippen LogP contribution is -2.26. The van der Waals surface area contributed by atoms with E-state index in [0.29, 0.717) is 10.7 Å². The highest BCUT2D eigenvalue weighted by molar-refractivity contribution is 7.80. The summed E-state index contributed by atoms with van der Waals surface area (Å²) >= 11 is 4.85. The van der Waals surface area contributed by atoms with Gasteiger partial charge in [0.2, 0.25) is 0 Å². The molecule has 5 heteroatoms. The Kier molecular flexibility index (Phi) is 4.28. The van der Waals surface area contributed by atoms with E-state index in [1.165, 1.54) is 25.9 Å². The molecule has 0 atom stereocenters. The molecular weight excluding hydrogens is 232 g/mol. The number of hydrogen-bond acceptors (Lipinski definition) is 4. The third-order valence-electron chi connectivity index (χ3n) is 2.97. The first kappa shape index (κ1) is 12.3. The van der Waals surface area contributed by atoms with E-state index in [2.05, 4.69) is 15.2 Å². The lowest BCUT2D eigenvalue weighted by atomic mass is 10.3. The summed E-state index contributed by atoms with van der Waals surface area (Å²) in [4.78, 5) is 7.00. The number of aromatic nitrogens is 1. The van der Waals surface area contributed by atoms with Gasteiger partial charge in [0.05, 0.1) is 17.6 Å². The maximum atomic E-state index is 5.49. The number of thiocarbonyl (C=S) groups is 1. The van der Waals surface area contributed by atoms with Gasteiger partial charge in [-0.25, -0.2) is 0 Å². The third-order valence-corrected chi connectivity index (χ3v) is 3.18. The van der Waals surface area contributed by atoms with Crippen LogP contribution in [0, 0.1) is 0 Å². The van der Waals surface area contributed by atoms with Crippen molar-refractivity contribution < 1.29 is 0 Å². The second-order valence-corrected chi connectivity index (χ2v) is 4.71. The molecule has 2 rings (SSSR count). The van der Waals surface area contributed by atoms with Crippen LogP contribution in [0.1, 0.15) is 18.5 Å². The van der Waals surface area contributed by atoms with Crippen molar-refractivity contribution in [3.8, 4) is 0 Å². The summed E-state index contributed by atoms with van der Waals surface area (Å²) in [6.07, 6.45) is 4.45. The van der Waals surface area contributed by atoms with Crippen LogP contribution in [-0.2, 0) is 0 Å². The van der Waals surface area contributed by atoms with Crippen molar-refractivity contribution in [2.75, 3.05) is 31.5 Å². The molecule has 1 saturated heterocycles. The van der Waals surface area contributed by atoms with Crippen LogP contribution >= 0.6 is 12.2 Å². The molecule has 0 aromatic carbocycles. The fraction of sp³-hybridized carbons (Fsp3) is 0.500. The van der Waals surface area contributed by atoms with E-state index in [-0.39, 0.29) is 0 Å². The lowest BCUT2D eigenvalue weighted by Gasteiger charge is -2.15. The van der Waals surface area contributed by atoms with E-state index >= 15 is 0 Å². The van der Waals surface area contributed by atoms with E-state index in [1.54, 1.807) is 6.20 Å². The van der Waals surface area contributed by atoms with Gasteiger partial charge >= 0.3 is 0 Å². The van der Waals surface area contributed by atoms with E-state index in [4.69, 9.17) is 18.0 Å². The average molecular weight is 250 g/mol. The smallest absolute Gasteiger partial charge is 0.122 e. The minimum atomic E-state index is 0.341. The molecule has 1 aliphatic rings. The lowest BCUT2D eigenvalue weighted by molar-refractivity contribution is 0.352. The first-order valence-electron chi connectivity index (χ1n) is 5.98. The number of hydrogen-bond donors (Lipinski definition) is 2. The maximum absolute atomic E-state index is 5.49. The number of nitrogens with one attached hydrogen (secondary N) is 1. The van der Waals surface area contributed by atoms with Gasteiger partial charge in [-0.2, -0.15) is 0 Å². The molecule has 4 nitrogen and oxygen atoms in total. The van der Waals surface area contributed by atoms with Crippen molar-refractivity contribution in [2.45, 2.75) is 12.8 Å². The van der Waals surface area contributed by atoms with Crippen LogP contribution in [0.25, 0.3) is 0 Å². The fourth-order valence-electron chi connectivity index (χ4n) is 2.01. The topological polar surface area (TPSA) is 54.2 Å². The summed E-state index contributed by atoms with van der Waals surface area (Å²) in [6.45, 7) is 4.52.